The van der Waals surface area contributed by atoms with Gasteiger partial charge in [0.2, 0.25) is 5.95 Å². The van der Waals surface area contributed by atoms with E-state index in [0.29, 0.717) is 41.2 Å². The lowest BCUT2D eigenvalue weighted by Gasteiger charge is -2.26. The second-order valence-electron chi connectivity index (χ2n) is 8.09. The number of hydrogen-bond acceptors (Lipinski definition) is 9. The Kier molecular flexibility index (Phi) is 4.62. The van der Waals surface area contributed by atoms with Crippen molar-refractivity contribution in [2.75, 3.05) is 10.6 Å². The van der Waals surface area contributed by atoms with Gasteiger partial charge in [0.25, 0.3) is 0 Å². The zero-order chi connectivity index (χ0) is 21.6. The van der Waals surface area contributed by atoms with Crippen molar-refractivity contribution in [3.8, 4) is 0 Å². The molecular weight excluding hydrogens is 399 g/mol. The van der Waals surface area contributed by atoms with Crippen molar-refractivity contribution < 1.29 is 4.39 Å². The van der Waals surface area contributed by atoms with Crippen LogP contribution in [0.1, 0.15) is 38.1 Å². The van der Waals surface area contributed by atoms with Crippen LogP contribution in [0.15, 0.2) is 29.9 Å². The lowest BCUT2D eigenvalue weighted by Crippen LogP contribution is -2.49. The van der Waals surface area contributed by atoms with E-state index in [-0.39, 0.29) is 6.04 Å². The highest BCUT2D eigenvalue weighted by molar-refractivity contribution is 5.55. The monoisotopic (exact) mass is 422 g/mol. The van der Waals surface area contributed by atoms with Crippen LogP contribution in [0.25, 0.3) is 6.08 Å². The Hall–Kier alpha value is -3.47. The van der Waals surface area contributed by atoms with E-state index in [2.05, 4.69) is 35.6 Å². The molecule has 1 unspecified atom stereocenters. The van der Waals surface area contributed by atoms with Crippen LogP contribution in [0.5, 0.6) is 0 Å². The normalized spacial score (nSPS) is 20.9. The van der Waals surface area contributed by atoms with E-state index in [1.54, 1.807) is 6.33 Å². The van der Waals surface area contributed by atoms with Gasteiger partial charge in [0.1, 0.15) is 23.1 Å². The van der Waals surface area contributed by atoms with Crippen LogP contribution in [0.2, 0.25) is 0 Å². The number of fused-ring (bicyclic) bond motifs is 1. The fourth-order valence-corrected chi connectivity index (χ4v) is 3.64. The average molecular weight is 422 g/mol. The van der Waals surface area contributed by atoms with Crippen LogP contribution < -0.4 is 27.1 Å². The highest BCUT2D eigenvalue weighted by Gasteiger charge is 2.42. The van der Waals surface area contributed by atoms with E-state index in [1.165, 1.54) is 0 Å². The van der Waals surface area contributed by atoms with Crippen LogP contribution in [-0.4, -0.2) is 35.1 Å². The molecule has 1 aliphatic heterocycles. The number of halogens is 1. The first-order valence-corrected chi connectivity index (χ1v) is 10.2. The summed E-state index contributed by atoms with van der Waals surface area (Å²) in [6.07, 6.45) is 10.7. The quantitative estimate of drug-likeness (QED) is 0.534. The lowest BCUT2D eigenvalue weighted by molar-refractivity contribution is 0.383. The molecule has 1 fully saturated rings. The number of anilines is 3. The molecular formula is C20H23FN10. The first kappa shape index (κ1) is 19.5. The van der Waals surface area contributed by atoms with Gasteiger partial charge >= 0.3 is 0 Å². The molecule has 1 aliphatic carbocycles. The summed E-state index contributed by atoms with van der Waals surface area (Å²) in [5.74, 6) is 1.90. The Morgan fingerprint density at radius 2 is 2.00 bits per heavy atom. The summed E-state index contributed by atoms with van der Waals surface area (Å²) in [5.41, 5.74) is 6.47. The van der Waals surface area contributed by atoms with Crippen molar-refractivity contribution in [1.82, 2.24) is 29.5 Å². The highest BCUT2D eigenvalue weighted by atomic mass is 19.1. The van der Waals surface area contributed by atoms with Gasteiger partial charge in [0, 0.05) is 19.7 Å². The van der Waals surface area contributed by atoms with Crippen molar-refractivity contribution >= 4 is 23.7 Å². The van der Waals surface area contributed by atoms with Gasteiger partial charge in [-0.2, -0.15) is 9.97 Å². The second-order valence-corrected chi connectivity index (χ2v) is 8.09. The van der Waals surface area contributed by atoms with Crippen molar-refractivity contribution in [1.29, 1.82) is 0 Å². The Morgan fingerprint density at radius 1 is 1.23 bits per heavy atom. The third-order valence-electron chi connectivity index (χ3n) is 5.48. The van der Waals surface area contributed by atoms with Crippen molar-refractivity contribution in [3.05, 3.63) is 47.3 Å². The van der Waals surface area contributed by atoms with Gasteiger partial charge in [0.05, 0.1) is 30.0 Å². The van der Waals surface area contributed by atoms with E-state index >= 15 is 0 Å². The smallest absolute Gasteiger partial charge is 0.227 e. The van der Waals surface area contributed by atoms with E-state index in [0.717, 1.165) is 30.5 Å². The molecule has 4 N–H and O–H groups in total. The Balaban J connectivity index is 1.53. The summed E-state index contributed by atoms with van der Waals surface area (Å²) in [6.45, 7) is 1.85. The topological polar surface area (TPSA) is 132 Å². The van der Waals surface area contributed by atoms with Crippen LogP contribution in [0.3, 0.4) is 0 Å². The zero-order valence-corrected chi connectivity index (χ0v) is 17.2. The third kappa shape index (κ3) is 3.96. The molecule has 0 spiro atoms. The van der Waals surface area contributed by atoms with Crippen LogP contribution in [-0.2, 0) is 7.05 Å². The molecule has 0 amide bonds. The minimum Gasteiger partial charge on any atom is -0.344 e. The molecule has 11 heteroatoms. The predicted octanol–water partition coefficient (Wildman–Crippen LogP) is 0.925. The number of hydrogen-bond donors (Lipinski definition) is 3. The van der Waals surface area contributed by atoms with Crippen LogP contribution in [0.4, 0.5) is 22.0 Å². The highest BCUT2D eigenvalue weighted by Crippen LogP contribution is 2.41. The Bertz CT molecular complexity index is 1230. The van der Waals surface area contributed by atoms with Crippen LogP contribution in [0, 0.1) is 11.7 Å². The van der Waals surface area contributed by atoms with Gasteiger partial charge in [-0.15, -0.1) is 0 Å². The van der Waals surface area contributed by atoms with Gasteiger partial charge in [-0.25, -0.2) is 24.3 Å². The van der Waals surface area contributed by atoms with E-state index in [4.69, 9.17) is 10.7 Å². The predicted molar refractivity (Wildman–Crippen MR) is 112 cm³/mol. The molecule has 31 heavy (non-hydrogen) atoms. The first-order valence-electron chi connectivity index (χ1n) is 10.2. The van der Waals surface area contributed by atoms with Crippen molar-refractivity contribution in [3.63, 3.8) is 0 Å². The van der Waals surface area contributed by atoms with Crippen molar-refractivity contribution in [2.24, 2.45) is 23.7 Å². The maximum absolute atomic E-state index is 13.2. The summed E-state index contributed by atoms with van der Waals surface area (Å²) in [6, 6.07) is -0.347. The summed E-state index contributed by atoms with van der Waals surface area (Å²) >= 11 is 0. The fraction of sp³-hybridized carbons (Fsp3) is 0.400. The second kappa shape index (κ2) is 7.34. The fourth-order valence-electron chi connectivity index (χ4n) is 3.64. The molecule has 10 nitrogen and oxygen atoms in total. The molecule has 1 saturated carbocycles. The summed E-state index contributed by atoms with van der Waals surface area (Å²) in [5, 5.41) is 7.23. The average Bonchev–Trinajstić information content (AvgIpc) is 3.52. The van der Waals surface area contributed by atoms with E-state index in [9.17, 15) is 4.39 Å². The molecule has 0 bridgehead atoms. The van der Waals surface area contributed by atoms with Gasteiger partial charge in [-0.05, 0) is 25.7 Å². The maximum atomic E-state index is 13.2. The number of nitrogens with zero attached hydrogens (tertiary/aromatic N) is 7. The maximum Gasteiger partial charge on any atom is 0.227 e. The minimum atomic E-state index is -0.632. The Morgan fingerprint density at radius 3 is 2.68 bits per heavy atom. The Labute approximate surface area is 177 Å². The van der Waals surface area contributed by atoms with Crippen LogP contribution >= 0.6 is 0 Å². The summed E-state index contributed by atoms with van der Waals surface area (Å²) in [4.78, 5) is 26.4. The molecule has 160 valence electrons. The number of imidazole rings is 1. The molecule has 0 aromatic carbocycles. The summed E-state index contributed by atoms with van der Waals surface area (Å²) < 4.78 is 15.0. The molecule has 2 atom stereocenters. The van der Waals surface area contributed by atoms with E-state index < -0.39 is 11.5 Å². The van der Waals surface area contributed by atoms with Crippen molar-refractivity contribution in [2.45, 2.75) is 37.9 Å². The molecule has 4 heterocycles. The molecule has 2 aliphatic rings. The van der Waals surface area contributed by atoms with Gasteiger partial charge in [0.15, 0.2) is 11.3 Å². The largest absolute Gasteiger partial charge is 0.344 e. The number of aromatic nitrogens is 6. The summed E-state index contributed by atoms with van der Waals surface area (Å²) in [7, 11) is 1.89. The molecule has 0 radical (unpaired) electrons. The van der Waals surface area contributed by atoms with Gasteiger partial charge < -0.3 is 20.9 Å². The third-order valence-corrected chi connectivity index (χ3v) is 5.48. The van der Waals surface area contributed by atoms with Gasteiger partial charge in [-0.1, -0.05) is 6.08 Å². The number of aryl methyl sites for hydroxylation is 1. The standard InChI is InChI=1S/C20H23FN10/c1-11(16-23-7-13(21)8-24-16)26-19-28-17(27-15-9-31(2)10-25-15)14-5-6-20(22,12-3-4-12)30-18(14)29-19/h5,7-12H,3-4,6,22H2,1-2H3,(H2,26,27,28,29,30)/t11-,20?/m0/s1. The number of nitrogens with one attached hydrogen (secondary N) is 2. The molecule has 0 saturated heterocycles. The molecule has 5 rings (SSSR count). The number of rotatable bonds is 6. The van der Waals surface area contributed by atoms with E-state index in [1.807, 2.05) is 30.8 Å². The number of nitrogens with two attached hydrogens (primary N) is 1. The van der Waals surface area contributed by atoms with Gasteiger partial charge in [-0.3, -0.25) is 0 Å². The SMILES string of the molecule is C[C@H](Nc1nc(Nc2cn(C)cn2)c2c(n1)=NC(N)(C1CC1)CC=2)c1ncc(F)cn1. The zero-order valence-electron chi connectivity index (χ0n) is 17.2. The molecule has 3 aromatic rings. The minimum absolute atomic E-state index is 0.342. The first-order chi connectivity index (χ1) is 14.9. The molecule has 3 aromatic heterocycles. The lowest BCUT2D eigenvalue weighted by atomic mass is 9.99.